The van der Waals surface area contributed by atoms with Crippen LogP contribution >= 0.6 is 11.6 Å². The highest BCUT2D eigenvalue weighted by Crippen LogP contribution is 2.24. The van der Waals surface area contributed by atoms with Crippen LogP contribution in [0.5, 0.6) is 0 Å². The van der Waals surface area contributed by atoms with Gasteiger partial charge in [0.25, 0.3) is 0 Å². The second-order valence-electron chi connectivity index (χ2n) is 9.28. The zero-order valence-electron chi connectivity index (χ0n) is 20.9. The zero-order valence-corrected chi connectivity index (χ0v) is 21.6. The number of hydrogen-bond acceptors (Lipinski definition) is 8. The van der Waals surface area contributed by atoms with E-state index in [1.54, 1.807) is 24.3 Å². The van der Waals surface area contributed by atoms with E-state index >= 15 is 0 Å². The van der Waals surface area contributed by atoms with Crippen molar-refractivity contribution in [3.05, 3.63) is 70.7 Å². The van der Waals surface area contributed by atoms with Gasteiger partial charge in [0, 0.05) is 37.0 Å². The molecule has 0 saturated carbocycles. The number of benzene rings is 2. The van der Waals surface area contributed by atoms with Crippen molar-refractivity contribution in [2.45, 2.75) is 44.1 Å². The number of piperidine rings is 1. The summed E-state index contributed by atoms with van der Waals surface area (Å²) in [5.41, 5.74) is 1.69. The molecule has 4 rings (SSSR count). The average molecular weight is 539 g/mol. The molecule has 0 spiro atoms. The largest absolute Gasteiger partial charge is 0.481 e. The molecule has 2 aromatic carbocycles. The van der Waals surface area contributed by atoms with Gasteiger partial charge in [0.15, 0.2) is 0 Å². The van der Waals surface area contributed by atoms with Crippen molar-refractivity contribution in [1.29, 1.82) is 0 Å². The standard InChI is InChI=1S/C27H31ClN6O4/c28-21-11-9-19(10-12-21)20(16-23(35)36)17-29-25-31-26(33-27(32-25)34-13-5-2-6-14-34)30-22(24(37)38)15-18-7-3-1-4-8-18/h1,3-4,7-12,20,22H,2,5-6,13-17H2,(H,35,36)(H,37,38)(H2,29,30,31,32,33)/t20-,22?/m1/s1. The summed E-state index contributed by atoms with van der Waals surface area (Å²) in [4.78, 5) is 39.2. The van der Waals surface area contributed by atoms with Gasteiger partial charge in [-0.3, -0.25) is 4.79 Å². The van der Waals surface area contributed by atoms with Crippen LogP contribution in [0.4, 0.5) is 17.8 Å². The minimum atomic E-state index is -1.02. The number of rotatable bonds is 12. The van der Waals surface area contributed by atoms with Crippen molar-refractivity contribution in [2.75, 3.05) is 35.2 Å². The molecule has 0 aliphatic carbocycles. The molecule has 1 aliphatic heterocycles. The van der Waals surface area contributed by atoms with Crippen LogP contribution in [0, 0.1) is 0 Å². The van der Waals surface area contributed by atoms with E-state index in [2.05, 4.69) is 30.5 Å². The number of nitrogens with zero attached hydrogens (tertiary/aromatic N) is 4. The van der Waals surface area contributed by atoms with Gasteiger partial charge in [-0.2, -0.15) is 15.0 Å². The Kier molecular flexibility index (Phi) is 9.31. The Hall–Kier alpha value is -3.92. The molecule has 10 nitrogen and oxygen atoms in total. The van der Waals surface area contributed by atoms with Gasteiger partial charge in [-0.05, 0) is 42.5 Å². The van der Waals surface area contributed by atoms with Gasteiger partial charge in [0.2, 0.25) is 17.8 Å². The molecule has 38 heavy (non-hydrogen) atoms. The Bertz CT molecular complexity index is 1220. The first-order valence-corrected chi connectivity index (χ1v) is 13.0. The summed E-state index contributed by atoms with van der Waals surface area (Å²) < 4.78 is 0. The van der Waals surface area contributed by atoms with Crippen molar-refractivity contribution in [1.82, 2.24) is 15.0 Å². The summed E-state index contributed by atoms with van der Waals surface area (Å²) in [5.74, 6) is -1.46. The first-order chi connectivity index (χ1) is 18.4. The number of carboxylic acid groups (broad SMARTS) is 2. The maximum Gasteiger partial charge on any atom is 0.326 e. The Morgan fingerprint density at radius 1 is 0.921 bits per heavy atom. The lowest BCUT2D eigenvalue weighted by molar-refractivity contribution is -0.138. The minimum Gasteiger partial charge on any atom is -0.481 e. The molecule has 4 N–H and O–H groups in total. The molecule has 1 saturated heterocycles. The van der Waals surface area contributed by atoms with Crippen LogP contribution in [0.3, 0.4) is 0 Å². The summed E-state index contributed by atoms with van der Waals surface area (Å²) in [6.45, 7) is 1.84. The van der Waals surface area contributed by atoms with E-state index in [1.165, 1.54) is 0 Å². The molecule has 1 aromatic heterocycles. The lowest BCUT2D eigenvalue weighted by Crippen LogP contribution is -2.34. The van der Waals surface area contributed by atoms with E-state index in [0.29, 0.717) is 11.0 Å². The fraction of sp³-hybridized carbons (Fsp3) is 0.370. The quantitative estimate of drug-likeness (QED) is 0.264. The molecule has 2 atom stereocenters. The second-order valence-corrected chi connectivity index (χ2v) is 9.72. The first-order valence-electron chi connectivity index (χ1n) is 12.6. The molecule has 11 heteroatoms. The number of carbonyl (C=O) groups is 2. The Morgan fingerprint density at radius 3 is 2.26 bits per heavy atom. The van der Waals surface area contributed by atoms with Crippen LogP contribution in [0.25, 0.3) is 0 Å². The number of halogens is 1. The van der Waals surface area contributed by atoms with Gasteiger partial charge < -0.3 is 25.7 Å². The molecule has 1 fully saturated rings. The molecule has 0 bridgehead atoms. The number of carboxylic acids is 2. The van der Waals surface area contributed by atoms with Crippen LogP contribution in [0.2, 0.25) is 5.02 Å². The maximum absolute atomic E-state index is 12.1. The van der Waals surface area contributed by atoms with Crippen LogP contribution in [0.15, 0.2) is 54.6 Å². The summed E-state index contributed by atoms with van der Waals surface area (Å²) in [5, 5.41) is 26.0. The monoisotopic (exact) mass is 538 g/mol. The smallest absolute Gasteiger partial charge is 0.326 e. The summed E-state index contributed by atoms with van der Waals surface area (Å²) in [7, 11) is 0. The highest BCUT2D eigenvalue weighted by atomic mass is 35.5. The molecule has 200 valence electrons. The van der Waals surface area contributed by atoms with E-state index in [0.717, 1.165) is 43.5 Å². The third-order valence-corrected chi connectivity index (χ3v) is 6.67. The normalized spacial score (nSPS) is 14.9. The maximum atomic E-state index is 12.1. The van der Waals surface area contributed by atoms with Gasteiger partial charge in [-0.1, -0.05) is 54.1 Å². The summed E-state index contributed by atoms with van der Waals surface area (Å²) in [6, 6.07) is 15.5. The van der Waals surface area contributed by atoms with E-state index in [-0.39, 0.29) is 37.2 Å². The van der Waals surface area contributed by atoms with E-state index in [4.69, 9.17) is 11.6 Å². The third-order valence-electron chi connectivity index (χ3n) is 6.42. The summed E-state index contributed by atoms with van der Waals surface area (Å²) in [6.07, 6.45) is 3.32. The van der Waals surface area contributed by atoms with Crippen molar-refractivity contribution >= 4 is 41.4 Å². The van der Waals surface area contributed by atoms with E-state index in [9.17, 15) is 19.8 Å². The fourth-order valence-electron chi connectivity index (χ4n) is 4.42. The number of aliphatic carboxylic acids is 2. The number of aromatic nitrogens is 3. The zero-order chi connectivity index (χ0) is 26.9. The van der Waals surface area contributed by atoms with Gasteiger partial charge in [-0.25, -0.2) is 4.79 Å². The van der Waals surface area contributed by atoms with Gasteiger partial charge in [0.05, 0.1) is 6.42 Å². The Balaban J connectivity index is 1.57. The number of nitrogens with one attached hydrogen (secondary N) is 2. The van der Waals surface area contributed by atoms with Crippen LogP contribution < -0.4 is 15.5 Å². The number of hydrogen-bond donors (Lipinski definition) is 4. The van der Waals surface area contributed by atoms with Crippen molar-refractivity contribution in [3.63, 3.8) is 0 Å². The Labute approximate surface area is 226 Å². The molecule has 0 radical (unpaired) electrons. The van der Waals surface area contributed by atoms with Crippen LogP contribution in [0.1, 0.15) is 42.7 Å². The van der Waals surface area contributed by atoms with Crippen LogP contribution in [-0.4, -0.2) is 62.8 Å². The molecule has 1 aliphatic rings. The molecular formula is C27H31ClN6O4. The molecular weight excluding hydrogens is 508 g/mol. The SMILES string of the molecule is O=C(O)C[C@H](CNc1nc(NC(Cc2ccccc2)C(=O)O)nc(N2CCCCC2)n1)c1ccc(Cl)cc1. The minimum absolute atomic E-state index is 0.0953. The average Bonchev–Trinajstić information content (AvgIpc) is 2.92. The Morgan fingerprint density at radius 2 is 1.61 bits per heavy atom. The number of anilines is 3. The fourth-order valence-corrected chi connectivity index (χ4v) is 4.54. The summed E-state index contributed by atoms with van der Waals surface area (Å²) >= 11 is 6.01. The third kappa shape index (κ3) is 7.79. The molecule has 1 unspecified atom stereocenters. The second kappa shape index (κ2) is 13.0. The predicted molar refractivity (Wildman–Crippen MR) is 146 cm³/mol. The lowest BCUT2D eigenvalue weighted by Gasteiger charge is -2.27. The van der Waals surface area contributed by atoms with Crippen molar-refractivity contribution < 1.29 is 19.8 Å². The highest BCUT2D eigenvalue weighted by molar-refractivity contribution is 6.30. The van der Waals surface area contributed by atoms with Crippen molar-refractivity contribution in [2.24, 2.45) is 0 Å². The van der Waals surface area contributed by atoms with E-state index < -0.39 is 18.0 Å². The first kappa shape index (κ1) is 27.1. The highest BCUT2D eigenvalue weighted by Gasteiger charge is 2.23. The van der Waals surface area contributed by atoms with E-state index in [1.807, 2.05) is 30.3 Å². The lowest BCUT2D eigenvalue weighted by atomic mass is 9.96. The van der Waals surface area contributed by atoms with Crippen LogP contribution in [-0.2, 0) is 16.0 Å². The van der Waals surface area contributed by atoms with Gasteiger partial charge in [-0.15, -0.1) is 0 Å². The topological polar surface area (TPSA) is 141 Å². The molecule has 3 aromatic rings. The molecule has 2 heterocycles. The predicted octanol–water partition coefficient (Wildman–Crippen LogP) is 4.29. The van der Waals surface area contributed by atoms with Gasteiger partial charge >= 0.3 is 11.9 Å². The van der Waals surface area contributed by atoms with Crippen molar-refractivity contribution in [3.8, 4) is 0 Å². The molecule has 0 amide bonds. The van der Waals surface area contributed by atoms with Gasteiger partial charge in [0.1, 0.15) is 6.04 Å².